The molecule has 0 bridgehead atoms. The van der Waals surface area contributed by atoms with Crippen LogP contribution in [0.3, 0.4) is 0 Å². The van der Waals surface area contributed by atoms with Crippen LogP contribution in [0.15, 0.2) is 60.7 Å². The third kappa shape index (κ3) is 8.05. The van der Waals surface area contributed by atoms with Crippen LogP contribution in [0, 0.1) is 0 Å². The summed E-state index contributed by atoms with van der Waals surface area (Å²) in [5, 5.41) is 5.75. The van der Waals surface area contributed by atoms with Gasteiger partial charge in [-0.1, -0.05) is 74.0 Å². The molecule has 2 unspecified atom stereocenters. The minimum Gasteiger partial charge on any atom is -0.343 e. The number of rotatable bonds is 11. The van der Waals surface area contributed by atoms with Crippen LogP contribution in [0.1, 0.15) is 44.7 Å². The second-order valence-electron chi connectivity index (χ2n) is 9.44. The van der Waals surface area contributed by atoms with Crippen molar-refractivity contribution in [2.24, 2.45) is 0 Å². The van der Waals surface area contributed by atoms with Crippen LogP contribution < -0.4 is 10.6 Å². The molecule has 2 N–H and O–H groups in total. The van der Waals surface area contributed by atoms with Gasteiger partial charge in [-0.05, 0) is 50.8 Å². The fraction of sp³-hybridized carbons (Fsp3) is 0.519. The lowest BCUT2D eigenvalue weighted by atomic mass is 9.91. The molecule has 8 heteroatoms. The molecule has 0 aliphatic carbocycles. The number of hydrogen-bond donors (Lipinski definition) is 2. The molecular formula is C27H35F3N2O3. The van der Waals surface area contributed by atoms with Crippen LogP contribution in [0.25, 0.3) is 0 Å². The topological polar surface area (TPSA) is 59.6 Å². The monoisotopic (exact) mass is 492 g/mol. The van der Waals surface area contributed by atoms with Crippen LogP contribution in [0.4, 0.5) is 13.2 Å². The van der Waals surface area contributed by atoms with Gasteiger partial charge in [0.25, 0.3) is 0 Å². The number of halogens is 3. The molecular weight excluding hydrogens is 457 g/mol. The molecule has 35 heavy (non-hydrogen) atoms. The molecule has 0 aromatic heterocycles. The number of amides is 1. The Morgan fingerprint density at radius 2 is 1.40 bits per heavy atom. The van der Waals surface area contributed by atoms with E-state index >= 15 is 0 Å². The summed E-state index contributed by atoms with van der Waals surface area (Å²) in [5.41, 5.74) is 1.87. The molecule has 1 aliphatic heterocycles. The Kier molecular flexibility index (Phi) is 9.33. The molecule has 0 spiro atoms. The maximum Gasteiger partial charge on any atom is 0.471 e. The molecule has 4 atom stereocenters. The maximum absolute atomic E-state index is 13.2. The van der Waals surface area contributed by atoms with Gasteiger partial charge in [-0.15, -0.1) is 0 Å². The number of ether oxygens (including phenoxy) is 2. The van der Waals surface area contributed by atoms with E-state index in [-0.39, 0.29) is 12.5 Å². The number of carbonyl (C=O) groups is 1. The Morgan fingerprint density at radius 3 is 1.89 bits per heavy atom. The molecule has 192 valence electrons. The lowest BCUT2D eigenvalue weighted by molar-refractivity contribution is -0.176. The van der Waals surface area contributed by atoms with E-state index in [1.807, 2.05) is 60.7 Å². The van der Waals surface area contributed by atoms with Gasteiger partial charge in [0.15, 0.2) is 5.79 Å². The summed E-state index contributed by atoms with van der Waals surface area (Å²) in [5.74, 6) is -3.00. The van der Waals surface area contributed by atoms with Gasteiger partial charge in [-0.25, -0.2) is 0 Å². The summed E-state index contributed by atoms with van der Waals surface area (Å²) in [7, 11) is 0. The Bertz CT molecular complexity index is 922. The number of alkyl halides is 3. The highest BCUT2D eigenvalue weighted by atomic mass is 19.4. The number of hydrogen-bond acceptors (Lipinski definition) is 4. The second-order valence-corrected chi connectivity index (χ2v) is 9.44. The van der Waals surface area contributed by atoms with E-state index in [0.29, 0.717) is 6.42 Å². The van der Waals surface area contributed by atoms with E-state index in [1.54, 1.807) is 13.8 Å². The minimum absolute atomic E-state index is 0.177. The molecule has 3 rings (SSSR count). The summed E-state index contributed by atoms with van der Waals surface area (Å²) in [4.78, 5) is 12.0. The normalized spacial score (nSPS) is 21.4. The highest BCUT2D eigenvalue weighted by Gasteiger charge is 2.50. The summed E-state index contributed by atoms with van der Waals surface area (Å²) in [6.07, 6.45) is -3.64. The highest BCUT2D eigenvalue weighted by molar-refractivity contribution is 5.82. The van der Waals surface area contributed by atoms with Crippen molar-refractivity contribution in [2.45, 2.75) is 82.7 Å². The lowest BCUT2D eigenvalue weighted by Gasteiger charge is -2.32. The SMILES string of the molecule is CCCCN[C@H](Cc1ccccc1)C1OC(C)(C)OC1[C@@H](Cc1ccccc1)NC(=O)C(F)(F)F. The first-order valence-corrected chi connectivity index (χ1v) is 12.1. The quantitative estimate of drug-likeness (QED) is 0.443. The van der Waals surface area contributed by atoms with Crippen molar-refractivity contribution in [3.8, 4) is 0 Å². The summed E-state index contributed by atoms with van der Waals surface area (Å²) < 4.78 is 52.2. The van der Waals surface area contributed by atoms with E-state index < -0.39 is 36.1 Å². The van der Waals surface area contributed by atoms with Crippen molar-refractivity contribution < 1.29 is 27.4 Å². The van der Waals surface area contributed by atoms with Crippen LogP contribution in [-0.2, 0) is 27.1 Å². The number of nitrogens with one attached hydrogen (secondary N) is 2. The Morgan fingerprint density at radius 1 is 0.914 bits per heavy atom. The van der Waals surface area contributed by atoms with Gasteiger partial charge in [0.05, 0.1) is 6.04 Å². The van der Waals surface area contributed by atoms with Gasteiger partial charge < -0.3 is 20.1 Å². The van der Waals surface area contributed by atoms with E-state index in [2.05, 4.69) is 17.6 Å². The van der Waals surface area contributed by atoms with E-state index in [4.69, 9.17) is 9.47 Å². The van der Waals surface area contributed by atoms with Gasteiger partial charge in [0.2, 0.25) is 0 Å². The standard InChI is InChI=1S/C27H35F3N2O3/c1-4-5-16-31-21(17-19-12-8-6-9-13-19)23-24(35-26(2,3)34-23)22(32-25(33)27(28,29)30)18-20-14-10-7-11-15-20/h6-15,21-24,31H,4-5,16-18H2,1-3H3,(H,32,33)/t21-,22-,23?,24?/m1/s1. The van der Waals surface area contributed by atoms with Crippen LogP contribution in [-0.4, -0.2) is 48.7 Å². The molecule has 1 aliphatic rings. The third-order valence-electron chi connectivity index (χ3n) is 6.06. The second kappa shape index (κ2) is 12.0. The first kappa shape index (κ1) is 27.2. The maximum atomic E-state index is 13.2. The molecule has 2 aromatic carbocycles. The Hall–Kier alpha value is -2.42. The first-order valence-electron chi connectivity index (χ1n) is 12.1. The zero-order valence-corrected chi connectivity index (χ0v) is 20.5. The van der Waals surface area contributed by atoms with E-state index in [1.165, 1.54) is 0 Å². The molecule has 0 saturated carbocycles. The van der Waals surface area contributed by atoms with Crippen LogP contribution in [0.5, 0.6) is 0 Å². The largest absolute Gasteiger partial charge is 0.471 e. The van der Waals surface area contributed by atoms with Crippen molar-refractivity contribution in [3.63, 3.8) is 0 Å². The Labute approximate surface area is 205 Å². The van der Waals surface area contributed by atoms with Gasteiger partial charge >= 0.3 is 12.1 Å². The average molecular weight is 493 g/mol. The summed E-state index contributed by atoms with van der Waals surface area (Å²) in [6.45, 7) is 6.32. The molecule has 1 fully saturated rings. The van der Waals surface area contributed by atoms with Crippen LogP contribution in [0.2, 0.25) is 0 Å². The first-order chi connectivity index (χ1) is 16.6. The zero-order chi connectivity index (χ0) is 25.5. The number of carbonyl (C=O) groups excluding carboxylic acids is 1. The average Bonchev–Trinajstić information content (AvgIpc) is 3.14. The van der Waals surface area contributed by atoms with E-state index in [9.17, 15) is 18.0 Å². The van der Waals surface area contributed by atoms with Crippen molar-refractivity contribution in [2.75, 3.05) is 6.54 Å². The minimum atomic E-state index is -5.00. The highest BCUT2D eigenvalue weighted by Crippen LogP contribution is 2.34. The fourth-order valence-electron chi connectivity index (χ4n) is 4.44. The van der Waals surface area contributed by atoms with Gasteiger partial charge in [0, 0.05) is 6.04 Å². The Balaban J connectivity index is 1.92. The zero-order valence-electron chi connectivity index (χ0n) is 20.5. The smallest absolute Gasteiger partial charge is 0.343 e. The predicted octanol–water partition coefficient (Wildman–Crippen LogP) is 4.80. The summed E-state index contributed by atoms with van der Waals surface area (Å²) in [6, 6.07) is 17.8. The van der Waals surface area contributed by atoms with Crippen molar-refractivity contribution in [1.29, 1.82) is 0 Å². The molecule has 2 aromatic rings. The molecule has 5 nitrogen and oxygen atoms in total. The van der Waals surface area contributed by atoms with Crippen molar-refractivity contribution in [1.82, 2.24) is 10.6 Å². The van der Waals surface area contributed by atoms with E-state index in [0.717, 1.165) is 30.5 Å². The van der Waals surface area contributed by atoms with Gasteiger partial charge in [0.1, 0.15) is 12.2 Å². The molecule has 0 radical (unpaired) electrons. The van der Waals surface area contributed by atoms with Crippen molar-refractivity contribution >= 4 is 5.91 Å². The van der Waals surface area contributed by atoms with Crippen LogP contribution >= 0.6 is 0 Å². The molecule has 1 saturated heterocycles. The van der Waals surface area contributed by atoms with Gasteiger partial charge in [-0.3, -0.25) is 4.79 Å². The molecule has 1 heterocycles. The lowest BCUT2D eigenvalue weighted by Crippen LogP contribution is -2.56. The number of unbranched alkanes of at least 4 members (excludes halogenated alkanes) is 1. The third-order valence-corrected chi connectivity index (χ3v) is 6.06. The fourth-order valence-corrected chi connectivity index (χ4v) is 4.44. The van der Waals surface area contributed by atoms with Crippen molar-refractivity contribution in [3.05, 3.63) is 71.8 Å². The molecule has 1 amide bonds. The number of benzene rings is 2. The summed E-state index contributed by atoms with van der Waals surface area (Å²) >= 11 is 0. The predicted molar refractivity (Wildman–Crippen MR) is 129 cm³/mol. The van der Waals surface area contributed by atoms with Gasteiger partial charge in [-0.2, -0.15) is 13.2 Å².